The molecule has 1 aromatic rings. The molecule has 2 unspecified atom stereocenters. The van der Waals surface area contributed by atoms with Gasteiger partial charge in [-0.05, 0) is 23.8 Å². The standard InChI is InChI=1S/C18H23F3N2OS/c1-11(2)25-12(3)13-7-5-6-8-16(13)22-17(24)14-9-23(4)10-15(14)18(19,20)21/h5-8,10-12,14H,9H2,1-4H3,(H,22,24). The van der Waals surface area contributed by atoms with Gasteiger partial charge in [-0.3, -0.25) is 4.79 Å². The summed E-state index contributed by atoms with van der Waals surface area (Å²) in [6.45, 7) is 6.22. The lowest BCUT2D eigenvalue weighted by atomic mass is 10.0. The Morgan fingerprint density at radius 3 is 2.52 bits per heavy atom. The van der Waals surface area contributed by atoms with Crippen molar-refractivity contribution in [1.82, 2.24) is 4.90 Å². The summed E-state index contributed by atoms with van der Waals surface area (Å²) >= 11 is 1.74. The van der Waals surface area contributed by atoms with Crippen molar-refractivity contribution < 1.29 is 18.0 Å². The molecule has 1 amide bonds. The topological polar surface area (TPSA) is 32.3 Å². The lowest BCUT2D eigenvalue weighted by Crippen LogP contribution is -2.32. The molecular formula is C18H23F3N2OS. The molecular weight excluding hydrogens is 349 g/mol. The third-order valence-corrected chi connectivity index (χ3v) is 5.19. The predicted octanol–water partition coefficient (Wildman–Crippen LogP) is 4.84. The zero-order valence-corrected chi connectivity index (χ0v) is 15.5. The first-order valence-electron chi connectivity index (χ1n) is 8.14. The molecule has 0 aliphatic carbocycles. The number of anilines is 1. The Morgan fingerprint density at radius 2 is 1.92 bits per heavy atom. The highest BCUT2D eigenvalue weighted by Gasteiger charge is 2.45. The van der Waals surface area contributed by atoms with Gasteiger partial charge in [0.25, 0.3) is 0 Å². The average Bonchev–Trinajstić information content (AvgIpc) is 2.89. The number of alkyl halides is 3. The minimum absolute atomic E-state index is 0.0269. The van der Waals surface area contributed by atoms with Crippen LogP contribution in [0.1, 0.15) is 31.6 Å². The third kappa shape index (κ3) is 4.93. The van der Waals surface area contributed by atoms with Crippen LogP contribution in [0.5, 0.6) is 0 Å². The van der Waals surface area contributed by atoms with Crippen molar-refractivity contribution in [2.24, 2.45) is 5.92 Å². The lowest BCUT2D eigenvalue weighted by molar-refractivity contribution is -0.125. The van der Waals surface area contributed by atoms with Crippen LogP contribution >= 0.6 is 11.8 Å². The molecule has 1 aromatic carbocycles. The summed E-state index contributed by atoms with van der Waals surface area (Å²) in [6, 6.07) is 7.27. The number of rotatable bonds is 5. The lowest BCUT2D eigenvalue weighted by Gasteiger charge is -2.21. The van der Waals surface area contributed by atoms with Crippen molar-refractivity contribution in [1.29, 1.82) is 0 Å². The summed E-state index contributed by atoms with van der Waals surface area (Å²) in [5.41, 5.74) is 0.692. The maximum Gasteiger partial charge on any atom is 0.414 e. The van der Waals surface area contributed by atoms with Crippen molar-refractivity contribution >= 4 is 23.4 Å². The van der Waals surface area contributed by atoms with E-state index in [1.54, 1.807) is 23.9 Å². The molecule has 3 nitrogen and oxygen atoms in total. The fourth-order valence-corrected chi connectivity index (χ4v) is 4.10. The Morgan fingerprint density at radius 1 is 1.28 bits per heavy atom. The average molecular weight is 372 g/mol. The zero-order valence-electron chi connectivity index (χ0n) is 14.7. The molecule has 0 saturated heterocycles. The van der Waals surface area contributed by atoms with E-state index >= 15 is 0 Å². The van der Waals surface area contributed by atoms with Crippen LogP contribution in [0.25, 0.3) is 0 Å². The van der Waals surface area contributed by atoms with E-state index in [0.717, 1.165) is 11.8 Å². The summed E-state index contributed by atoms with van der Waals surface area (Å²) in [5, 5.41) is 3.24. The number of thioether (sulfide) groups is 1. The molecule has 2 atom stereocenters. The molecule has 2 rings (SSSR count). The molecule has 1 heterocycles. The van der Waals surface area contributed by atoms with E-state index < -0.39 is 23.6 Å². The molecule has 0 aromatic heterocycles. The Balaban J connectivity index is 2.20. The van der Waals surface area contributed by atoms with Crippen molar-refractivity contribution in [2.75, 3.05) is 18.9 Å². The minimum atomic E-state index is -4.51. The second kappa shape index (κ2) is 7.72. The van der Waals surface area contributed by atoms with E-state index in [1.807, 2.05) is 19.1 Å². The number of hydrogen-bond donors (Lipinski definition) is 1. The number of benzene rings is 1. The first-order valence-corrected chi connectivity index (χ1v) is 9.08. The van der Waals surface area contributed by atoms with Crippen molar-refractivity contribution in [3.05, 3.63) is 41.6 Å². The molecule has 25 heavy (non-hydrogen) atoms. The van der Waals surface area contributed by atoms with Crippen LogP contribution in [0.4, 0.5) is 18.9 Å². The maximum atomic E-state index is 13.2. The molecule has 1 aliphatic heterocycles. The van der Waals surface area contributed by atoms with Crippen LogP contribution in [0, 0.1) is 5.92 Å². The Bertz CT molecular complexity index is 658. The zero-order chi connectivity index (χ0) is 18.8. The van der Waals surface area contributed by atoms with Crippen LogP contribution in [0.2, 0.25) is 0 Å². The van der Waals surface area contributed by atoms with Gasteiger partial charge < -0.3 is 10.2 Å². The molecule has 0 saturated carbocycles. The van der Waals surface area contributed by atoms with Crippen LogP contribution in [-0.2, 0) is 4.79 Å². The molecule has 7 heteroatoms. The van der Waals surface area contributed by atoms with E-state index in [0.29, 0.717) is 10.9 Å². The van der Waals surface area contributed by atoms with E-state index in [1.165, 1.54) is 11.9 Å². The second-order valence-electron chi connectivity index (χ2n) is 6.48. The Labute approximate surface area is 150 Å². The molecule has 0 bridgehead atoms. The van der Waals surface area contributed by atoms with Crippen LogP contribution in [0.3, 0.4) is 0 Å². The second-order valence-corrected chi connectivity index (χ2v) is 8.40. The van der Waals surface area contributed by atoms with Crippen LogP contribution in [0.15, 0.2) is 36.0 Å². The highest BCUT2D eigenvalue weighted by molar-refractivity contribution is 8.00. The Kier molecular flexibility index (Phi) is 6.08. The number of carbonyl (C=O) groups is 1. The summed E-state index contributed by atoms with van der Waals surface area (Å²) in [6.07, 6.45) is -3.50. The van der Waals surface area contributed by atoms with Crippen molar-refractivity contribution in [3.8, 4) is 0 Å². The van der Waals surface area contributed by atoms with E-state index in [-0.39, 0.29) is 11.8 Å². The molecule has 1 N–H and O–H groups in total. The van der Waals surface area contributed by atoms with E-state index in [2.05, 4.69) is 19.2 Å². The van der Waals surface area contributed by atoms with Gasteiger partial charge in [-0.15, -0.1) is 0 Å². The van der Waals surface area contributed by atoms with Gasteiger partial charge in [0.2, 0.25) is 5.91 Å². The SMILES string of the molecule is CC(C)SC(C)c1ccccc1NC(=O)C1CN(C)C=C1C(F)(F)F. The van der Waals surface area contributed by atoms with Gasteiger partial charge in [0.15, 0.2) is 0 Å². The van der Waals surface area contributed by atoms with Crippen LogP contribution < -0.4 is 5.32 Å². The number of nitrogens with one attached hydrogen (secondary N) is 1. The molecule has 1 aliphatic rings. The fraction of sp³-hybridized carbons (Fsp3) is 0.500. The Hall–Kier alpha value is -1.63. The largest absolute Gasteiger partial charge is 0.414 e. The third-order valence-electron chi connectivity index (χ3n) is 3.98. The van der Waals surface area contributed by atoms with Gasteiger partial charge in [-0.25, -0.2) is 0 Å². The monoisotopic (exact) mass is 372 g/mol. The van der Waals surface area contributed by atoms with Gasteiger partial charge in [0.05, 0.1) is 11.5 Å². The number of halogens is 3. The minimum Gasteiger partial charge on any atom is -0.379 e. The normalized spacial score (nSPS) is 19.1. The maximum absolute atomic E-state index is 13.2. The summed E-state index contributed by atoms with van der Waals surface area (Å²) < 4.78 is 39.5. The number of amides is 1. The van der Waals surface area contributed by atoms with Crippen molar-refractivity contribution in [2.45, 2.75) is 37.4 Å². The summed E-state index contributed by atoms with van der Waals surface area (Å²) in [4.78, 5) is 13.9. The van der Waals surface area contributed by atoms with Crippen LogP contribution in [-0.4, -0.2) is 35.8 Å². The molecule has 0 spiro atoms. The molecule has 0 radical (unpaired) electrons. The van der Waals surface area contributed by atoms with E-state index in [4.69, 9.17) is 0 Å². The molecule has 138 valence electrons. The van der Waals surface area contributed by atoms with E-state index in [9.17, 15) is 18.0 Å². The summed E-state index contributed by atoms with van der Waals surface area (Å²) in [7, 11) is 1.54. The summed E-state index contributed by atoms with van der Waals surface area (Å²) in [5.74, 6) is -1.84. The van der Waals surface area contributed by atoms with Gasteiger partial charge >= 0.3 is 6.18 Å². The van der Waals surface area contributed by atoms with Crippen molar-refractivity contribution in [3.63, 3.8) is 0 Å². The number of para-hydroxylation sites is 1. The smallest absolute Gasteiger partial charge is 0.379 e. The molecule has 0 fully saturated rings. The highest BCUT2D eigenvalue weighted by atomic mass is 32.2. The van der Waals surface area contributed by atoms with Gasteiger partial charge in [-0.2, -0.15) is 24.9 Å². The first-order chi connectivity index (χ1) is 11.6. The van der Waals surface area contributed by atoms with Gasteiger partial charge in [0.1, 0.15) is 0 Å². The van der Waals surface area contributed by atoms with Gasteiger partial charge in [0, 0.05) is 30.7 Å². The number of carbonyl (C=O) groups excluding carboxylic acids is 1. The quantitative estimate of drug-likeness (QED) is 0.803. The number of hydrogen-bond acceptors (Lipinski definition) is 3. The first kappa shape index (κ1) is 19.7. The predicted molar refractivity (Wildman–Crippen MR) is 96.5 cm³/mol. The highest BCUT2D eigenvalue weighted by Crippen LogP contribution is 2.38. The van der Waals surface area contributed by atoms with Gasteiger partial charge in [-0.1, -0.05) is 32.0 Å². The number of nitrogens with zero attached hydrogens (tertiary/aromatic N) is 1. The fourth-order valence-electron chi connectivity index (χ4n) is 2.93.